The van der Waals surface area contributed by atoms with Gasteiger partial charge in [0.05, 0.1) is 0 Å². The molecule has 0 saturated carbocycles. The van der Waals surface area contributed by atoms with E-state index in [1.807, 2.05) is 0 Å². The first-order valence-corrected chi connectivity index (χ1v) is 8.23. The Morgan fingerprint density at radius 2 is 1.85 bits per heavy atom. The third kappa shape index (κ3) is 4.32. The molecule has 2 rings (SSSR count). The van der Waals surface area contributed by atoms with Crippen LogP contribution in [-0.4, -0.2) is 19.3 Å². The lowest BCUT2D eigenvalue weighted by Crippen LogP contribution is -2.36. The molecule has 20 heavy (non-hydrogen) atoms. The Balaban J connectivity index is 2.09. The van der Waals surface area contributed by atoms with Gasteiger partial charge in [0.25, 0.3) is 0 Å². The minimum absolute atomic E-state index is 0.481. The Hall–Kier alpha value is -0.860. The smallest absolute Gasteiger partial charge is 0.0480 e. The van der Waals surface area contributed by atoms with Gasteiger partial charge < -0.3 is 10.1 Å². The van der Waals surface area contributed by atoms with Crippen molar-refractivity contribution in [2.24, 2.45) is 5.92 Å². The maximum absolute atomic E-state index is 5.59. The molecule has 2 nitrogen and oxygen atoms in total. The monoisotopic (exact) mass is 275 g/mol. The van der Waals surface area contributed by atoms with Crippen LogP contribution in [0.25, 0.3) is 0 Å². The summed E-state index contributed by atoms with van der Waals surface area (Å²) in [5, 5.41) is 3.93. The highest BCUT2D eigenvalue weighted by molar-refractivity contribution is 5.20. The van der Waals surface area contributed by atoms with Crippen molar-refractivity contribution in [1.82, 2.24) is 5.32 Å². The summed E-state index contributed by atoms with van der Waals surface area (Å²) >= 11 is 0. The van der Waals surface area contributed by atoms with E-state index in [0.29, 0.717) is 18.0 Å². The normalized spacial score (nSPS) is 21.6. The van der Waals surface area contributed by atoms with Crippen molar-refractivity contribution < 1.29 is 4.74 Å². The Labute approximate surface area is 123 Å². The van der Waals surface area contributed by atoms with Crippen LogP contribution >= 0.6 is 0 Å². The van der Waals surface area contributed by atoms with E-state index in [9.17, 15) is 0 Å². The average molecular weight is 275 g/mol. The number of rotatable bonds is 6. The zero-order chi connectivity index (χ0) is 14.2. The van der Waals surface area contributed by atoms with Gasteiger partial charge in [-0.2, -0.15) is 0 Å². The van der Waals surface area contributed by atoms with Gasteiger partial charge in [0.15, 0.2) is 0 Å². The largest absolute Gasteiger partial charge is 0.381 e. The molecule has 1 N–H and O–H groups in total. The molecule has 0 spiro atoms. The standard InChI is InChI=1S/C18H29NO/c1-3-15(4-2)18(16-9-6-5-7-10-16)19-17-11-8-13-20-14-12-17/h5-7,9-10,15,17-19H,3-4,8,11-14H2,1-2H3. The van der Waals surface area contributed by atoms with Crippen LogP contribution in [0.4, 0.5) is 0 Å². The van der Waals surface area contributed by atoms with Crippen molar-refractivity contribution in [1.29, 1.82) is 0 Å². The third-order valence-corrected chi connectivity index (χ3v) is 4.55. The summed E-state index contributed by atoms with van der Waals surface area (Å²) in [7, 11) is 0. The van der Waals surface area contributed by atoms with E-state index in [4.69, 9.17) is 4.74 Å². The second kappa shape index (κ2) is 8.43. The van der Waals surface area contributed by atoms with E-state index in [1.54, 1.807) is 0 Å². The predicted octanol–water partition coefficient (Wildman–Crippen LogP) is 4.32. The van der Waals surface area contributed by atoms with Crippen molar-refractivity contribution in [2.75, 3.05) is 13.2 Å². The van der Waals surface area contributed by atoms with Crippen LogP contribution in [0.5, 0.6) is 0 Å². The number of benzene rings is 1. The van der Waals surface area contributed by atoms with Crippen LogP contribution < -0.4 is 5.32 Å². The van der Waals surface area contributed by atoms with Crippen LogP contribution in [0.3, 0.4) is 0 Å². The van der Waals surface area contributed by atoms with Crippen molar-refractivity contribution in [3.8, 4) is 0 Å². The molecule has 1 fully saturated rings. The van der Waals surface area contributed by atoms with Crippen LogP contribution in [-0.2, 0) is 4.74 Å². The SMILES string of the molecule is CCC(CC)C(NC1CCCOCC1)c1ccccc1. The number of hydrogen-bond donors (Lipinski definition) is 1. The van der Waals surface area contributed by atoms with Crippen LogP contribution in [0.1, 0.15) is 57.6 Å². The minimum atomic E-state index is 0.481. The van der Waals surface area contributed by atoms with E-state index in [0.717, 1.165) is 19.6 Å². The molecule has 1 saturated heterocycles. The average Bonchev–Trinajstić information content (AvgIpc) is 2.77. The van der Waals surface area contributed by atoms with E-state index in [-0.39, 0.29) is 0 Å². The molecule has 1 aromatic rings. The van der Waals surface area contributed by atoms with Crippen molar-refractivity contribution in [3.05, 3.63) is 35.9 Å². The second-order valence-electron chi connectivity index (χ2n) is 5.87. The molecule has 1 aromatic carbocycles. The molecule has 0 amide bonds. The van der Waals surface area contributed by atoms with Crippen molar-refractivity contribution in [2.45, 2.75) is 58.0 Å². The highest BCUT2D eigenvalue weighted by Gasteiger charge is 2.23. The molecule has 0 aromatic heterocycles. The van der Waals surface area contributed by atoms with E-state index in [2.05, 4.69) is 49.5 Å². The summed E-state index contributed by atoms with van der Waals surface area (Å²) in [6.07, 6.45) is 6.02. The zero-order valence-electron chi connectivity index (χ0n) is 13.0. The van der Waals surface area contributed by atoms with E-state index < -0.39 is 0 Å². The predicted molar refractivity (Wildman–Crippen MR) is 84.8 cm³/mol. The molecule has 0 aliphatic carbocycles. The van der Waals surface area contributed by atoms with E-state index >= 15 is 0 Å². The first kappa shape index (κ1) is 15.5. The molecule has 2 unspecified atom stereocenters. The fourth-order valence-corrected chi connectivity index (χ4v) is 3.25. The lowest BCUT2D eigenvalue weighted by atomic mass is 9.87. The molecule has 1 heterocycles. The summed E-state index contributed by atoms with van der Waals surface area (Å²) in [5.74, 6) is 0.710. The van der Waals surface area contributed by atoms with Gasteiger partial charge in [-0.1, -0.05) is 57.0 Å². The molecular formula is C18H29NO. The van der Waals surface area contributed by atoms with Gasteiger partial charge in [-0.05, 0) is 30.7 Å². The van der Waals surface area contributed by atoms with Crippen molar-refractivity contribution in [3.63, 3.8) is 0 Å². The summed E-state index contributed by atoms with van der Waals surface area (Å²) in [5.41, 5.74) is 1.44. The van der Waals surface area contributed by atoms with Gasteiger partial charge >= 0.3 is 0 Å². The molecule has 0 bridgehead atoms. The molecule has 2 heteroatoms. The maximum atomic E-state index is 5.59. The summed E-state index contributed by atoms with van der Waals surface area (Å²) in [6.45, 7) is 6.45. The van der Waals surface area contributed by atoms with E-state index in [1.165, 1.54) is 31.2 Å². The Morgan fingerprint density at radius 3 is 2.55 bits per heavy atom. The maximum Gasteiger partial charge on any atom is 0.0480 e. The number of nitrogens with one attached hydrogen (secondary N) is 1. The molecular weight excluding hydrogens is 246 g/mol. The highest BCUT2D eigenvalue weighted by Crippen LogP contribution is 2.29. The fourth-order valence-electron chi connectivity index (χ4n) is 3.25. The molecule has 112 valence electrons. The minimum Gasteiger partial charge on any atom is -0.381 e. The van der Waals surface area contributed by atoms with Crippen molar-refractivity contribution >= 4 is 0 Å². The lowest BCUT2D eigenvalue weighted by molar-refractivity contribution is 0.141. The fraction of sp³-hybridized carbons (Fsp3) is 0.667. The number of hydrogen-bond acceptors (Lipinski definition) is 2. The van der Waals surface area contributed by atoms with Gasteiger partial charge in [-0.3, -0.25) is 0 Å². The van der Waals surface area contributed by atoms with Gasteiger partial charge in [-0.25, -0.2) is 0 Å². The Bertz CT molecular complexity index is 353. The van der Waals surface area contributed by atoms with Gasteiger partial charge in [0, 0.05) is 25.3 Å². The first-order chi connectivity index (χ1) is 9.85. The topological polar surface area (TPSA) is 21.3 Å². The van der Waals surface area contributed by atoms with Gasteiger partial charge in [-0.15, -0.1) is 0 Å². The summed E-state index contributed by atoms with van der Waals surface area (Å²) in [4.78, 5) is 0. The van der Waals surface area contributed by atoms with Crippen LogP contribution in [0.2, 0.25) is 0 Å². The highest BCUT2D eigenvalue weighted by atomic mass is 16.5. The Kier molecular flexibility index (Phi) is 6.55. The van der Waals surface area contributed by atoms with Crippen LogP contribution in [0.15, 0.2) is 30.3 Å². The van der Waals surface area contributed by atoms with Gasteiger partial charge in [0.1, 0.15) is 0 Å². The lowest BCUT2D eigenvalue weighted by Gasteiger charge is -2.31. The molecule has 1 aliphatic rings. The molecule has 2 atom stereocenters. The van der Waals surface area contributed by atoms with Crippen LogP contribution in [0, 0.1) is 5.92 Å². The van der Waals surface area contributed by atoms with Gasteiger partial charge in [0.2, 0.25) is 0 Å². The number of ether oxygens (including phenoxy) is 1. The first-order valence-electron chi connectivity index (χ1n) is 8.23. The second-order valence-corrected chi connectivity index (χ2v) is 5.87. The molecule has 1 aliphatic heterocycles. The summed E-state index contributed by atoms with van der Waals surface area (Å²) < 4.78 is 5.59. The Morgan fingerprint density at radius 1 is 1.10 bits per heavy atom. The molecule has 0 radical (unpaired) electrons. The summed E-state index contributed by atoms with van der Waals surface area (Å²) in [6, 6.07) is 12.0. The third-order valence-electron chi connectivity index (χ3n) is 4.55. The zero-order valence-corrected chi connectivity index (χ0v) is 13.0. The quantitative estimate of drug-likeness (QED) is 0.834.